The van der Waals surface area contributed by atoms with Gasteiger partial charge >= 0.3 is 0 Å². The number of halogens is 2. The Balaban J connectivity index is 1.38. The maximum absolute atomic E-state index is 15.4. The Kier molecular flexibility index (Phi) is 7.37. The van der Waals surface area contributed by atoms with E-state index in [0.29, 0.717) is 57.1 Å². The predicted molar refractivity (Wildman–Crippen MR) is 161 cm³/mol. The molecule has 0 bridgehead atoms. The Hall–Kier alpha value is -5.09. The van der Waals surface area contributed by atoms with Gasteiger partial charge in [-0.05, 0) is 72.8 Å². The number of nitrogens with two attached hydrogens (primary N) is 1. The summed E-state index contributed by atoms with van der Waals surface area (Å²) in [7, 11) is 2.02. The smallest absolute Gasteiger partial charge is 0.254 e. The highest BCUT2D eigenvalue weighted by Crippen LogP contribution is 2.38. The zero-order valence-electron chi connectivity index (χ0n) is 23.4. The number of amides is 3. The Morgan fingerprint density at radius 2 is 1.58 bits per heavy atom. The second kappa shape index (κ2) is 11.3. The van der Waals surface area contributed by atoms with E-state index in [4.69, 9.17) is 5.73 Å². The van der Waals surface area contributed by atoms with E-state index >= 15 is 4.39 Å². The minimum absolute atomic E-state index is 0.0783. The van der Waals surface area contributed by atoms with Crippen LogP contribution >= 0.6 is 0 Å². The molecule has 1 aromatic heterocycles. The Labute approximate surface area is 246 Å². The number of benzene rings is 4. The number of piperazine rings is 1. The third kappa shape index (κ3) is 5.44. The van der Waals surface area contributed by atoms with Gasteiger partial charge in [0.05, 0.1) is 11.1 Å². The first-order chi connectivity index (χ1) is 20.7. The van der Waals surface area contributed by atoms with Crippen molar-refractivity contribution in [3.63, 3.8) is 0 Å². The van der Waals surface area contributed by atoms with Crippen molar-refractivity contribution in [3.8, 4) is 11.1 Å². The van der Waals surface area contributed by atoms with Crippen LogP contribution in [-0.2, 0) is 6.54 Å². The topological polar surface area (TPSA) is 112 Å². The monoisotopic (exact) mass is 581 g/mol. The lowest BCUT2D eigenvalue weighted by Gasteiger charge is -2.32. The molecule has 4 aromatic carbocycles. The van der Waals surface area contributed by atoms with E-state index in [2.05, 4.69) is 15.2 Å². The van der Waals surface area contributed by atoms with E-state index in [1.165, 1.54) is 30.3 Å². The number of hydrogen-bond acceptors (Lipinski definition) is 4. The van der Waals surface area contributed by atoms with E-state index in [1.807, 2.05) is 11.9 Å². The van der Waals surface area contributed by atoms with Crippen LogP contribution in [0, 0.1) is 11.6 Å². The van der Waals surface area contributed by atoms with Crippen LogP contribution in [0.1, 0.15) is 36.6 Å². The highest BCUT2D eigenvalue weighted by molar-refractivity contribution is 6.20. The van der Waals surface area contributed by atoms with Crippen LogP contribution < -0.4 is 11.1 Å². The van der Waals surface area contributed by atoms with Crippen molar-refractivity contribution >= 4 is 39.5 Å². The fraction of sp³-hybridized carbons (Fsp3) is 0.182. The highest BCUT2D eigenvalue weighted by Gasteiger charge is 2.23. The second-order valence-corrected chi connectivity index (χ2v) is 10.8. The third-order valence-corrected chi connectivity index (χ3v) is 7.94. The lowest BCUT2D eigenvalue weighted by molar-refractivity contribution is 0.0664. The minimum atomic E-state index is -0.644. The summed E-state index contributed by atoms with van der Waals surface area (Å²) >= 11 is 0. The van der Waals surface area contributed by atoms with Gasteiger partial charge in [-0.3, -0.25) is 14.4 Å². The summed E-state index contributed by atoms with van der Waals surface area (Å²) in [5.41, 5.74) is 9.24. The molecule has 0 aliphatic carbocycles. The van der Waals surface area contributed by atoms with Gasteiger partial charge in [-0.1, -0.05) is 18.2 Å². The molecule has 6 rings (SSSR count). The number of rotatable bonds is 6. The van der Waals surface area contributed by atoms with E-state index < -0.39 is 23.4 Å². The van der Waals surface area contributed by atoms with Crippen molar-refractivity contribution in [2.75, 3.05) is 33.2 Å². The third-order valence-electron chi connectivity index (χ3n) is 7.94. The molecule has 3 amide bonds. The van der Waals surface area contributed by atoms with Crippen LogP contribution in [-0.4, -0.2) is 65.7 Å². The van der Waals surface area contributed by atoms with Crippen LogP contribution in [0.3, 0.4) is 0 Å². The van der Waals surface area contributed by atoms with Gasteiger partial charge in [0.25, 0.3) is 17.7 Å². The molecule has 1 fully saturated rings. The maximum atomic E-state index is 15.4. The summed E-state index contributed by atoms with van der Waals surface area (Å²) in [4.78, 5) is 45.4. The van der Waals surface area contributed by atoms with E-state index in [0.717, 1.165) is 13.1 Å². The molecule has 0 atom stereocenters. The SMILES string of the molecule is CN1CCN(C(=O)c2ccc3c(c2)[nH]c2c(C(N)=O)ccc(-c4cc(CNC(=O)c5ccc(F)cc5)ccc4F)c23)CC1. The van der Waals surface area contributed by atoms with Crippen LogP contribution in [0.4, 0.5) is 8.78 Å². The van der Waals surface area contributed by atoms with Gasteiger partial charge in [-0.25, -0.2) is 8.78 Å². The van der Waals surface area contributed by atoms with Gasteiger partial charge in [-0.15, -0.1) is 0 Å². The molecule has 43 heavy (non-hydrogen) atoms. The number of hydrogen-bond donors (Lipinski definition) is 3. The number of aromatic nitrogens is 1. The lowest BCUT2D eigenvalue weighted by Crippen LogP contribution is -2.47. The van der Waals surface area contributed by atoms with Crippen molar-refractivity contribution in [2.45, 2.75) is 6.54 Å². The number of nitrogens with zero attached hydrogens (tertiary/aromatic N) is 2. The minimum Gasteiger partial charge on any atom is -0.366 e. The van der Waals surface area contributed by atoms with Gasteiger partial charge in [-0.2, -0.15) is 0 Å². The molecule has 0 unspecified atom stereocenters. The van der Waals surface area contributed by atoms with E-state index in [9.17, 15) is 18.8 Å². The average molecular weight is 582 g/mol. The van der Waals surface area contributed by atoms with Crippen LogP contribution in [0.15, 0.2) is 72.8 Å². The number of fused-ring (bicyclic) bond motifs is 3. The van der Waals surface area contributed by atoms with Crippen molar-refractivity contribution in [3.05, 3.63) is 107 Å². The molecular formula is C33H29F2N5O3. The summed E-state index contributed by atoms with van der Waals surface area (Å²) in [6.45, 7) is 2.97. The molecule has 1 saturated heterocycles. The zero-order valence-corrected chi connectivity index (χ0v) is 23.4. The molecule has 2 heterocycles. The number of primary amides is 1. The molecule has 0 spiro atoms. The summed E-state index contributed by atoms with van der Waals surface area (Å²) in [5, 5.41) is 4.07. The number of carbonyl (C=O) groups is 3. The van der Waals surface area contributed by atoms with Crippen molar-refractivity contribution in [1.29, 1.82) is 0 Å². The maximum Gasteiger partial charge on any atom is 0.254 e. The quantitative estimate of drug-likeness (QED) is 0.270. The number of H-pyrrole nitrogens is 1. The molecule has 1 aliphatic rings. The van der Waals surface area contributed by atoms with Crippen LogP contribution in [0.5, 0.6) is 0 Å². The Morgan fingerprint density at radius 3 is 2.30 bits per heavy atom. The van der Waals surface area contributed by atoms with Gasteiger partial charge in [0, 0.05) is 65.7 Å². The van der Waals surface area contributed by atoms with E-state index in [1.54, 1.807) is 42.5 Å². The van der Waals surface area contributed by atoms with Crippen molar-refractivity contribution in [2.24, 2.45) is 5.73 Å². The van der Waals surface area contributed by atoms with Crippen LogP contribution in [0.2, 0.25) is 0 Å². The number of carbonyl (C=O) groups excluding carboxylic acids is 3. The van der Waals surface area contributed by atoms with Gasteiger partial charge in [0.2, 0.25) is 0 Å². The lowest BCUT2D eigenvalue weighted by atomic mass is 9.95. The molecule has 0 radical (unpaired) electrons. The molecule has 8 nitrogen and oxygen atoms in total. The largest absolute Gasteiger partial charge is 0.366 e. The Morgan fingerprint density at radius 1 is 0.860 bits per heavy atom. The first-order valence-electron chi connectivity index (χ1n) is 13.9. The molecule has 1 aliphatic heterocycles. The standard InChI is InChI=1S/C33H29F2N5O3/c1-39-12-14-40(15-13-39)33(43)21-5-8-24-28(17-21)38-30-25(31(36)41)10-9-23(29(24)30)26-16-19(2-11-27(26)35)18-37-32(42)20-3-6-22(34)7-4-20/h2-11,16-17,38H,12-15,18H2,1H3,(H2,36,41)(H,37,42). The predicted octanol–water partition coefficient (Wildman–Crippen LogP) is 4.68. The summed E-state index contributed by atoms with van der Waals surface area (Å²) in [5.74, 6) is -2.04. The van der Waals surface area contributed by atoms with Gasteiger partial charge in [0.15, 0.2) is 0 Å². The van der Waals surface area contributed by atoms with Crippen molar-refractivity contribution in [1.82, 2.24) is 20.1 Å². The molecule has 4 N–H and O–H groups in total. The van der Waals surface area contributed by atoms with Gasteiger partial charge < -0.3 is 25.8 Å². The fourth-order valence-electron chi connectivity index (χ4n) is 5.54. The molecule has 0 saturated carbocycles. The van der Waals surface area contributed by atoms with Crippen molar-refractivity contribution < 1.29 is 23.2 Å². The molecule has 10 heteroatoms. The summed E-state index contributed by atoms with van der Waals surface area (Å²) in [6.07, 6.45) is 0. The van der Waals surface area contributed by atoms with Crippen LogP contribution in [0.25, 0.3) is 32.9 Å². The molecule has 218 valence electrons. The summed E-state index contributed by atoms with van der Waals surface area (Å²) in [6, 6.07) is 18.2. The first-order valence-corrected chi connectivity index (χ1v) is 13.9. The second-order valence-electron chi connectivity index (χ2n) is 10.8. The Bertz CT molecular complexity index is 1890. The molecular weight excluding hydrogens is 552 g/mol. The number of nitrogens with one attached hydrogen (secondary N) is 2. The first kappa shape index (κ1) is 28.0. The normalized spacial score (nSPS) is 13.9. The highest BCUT2D eigenvalue weighted by atomic mass is 19.1. The molecule has 5 aromatic rings. The van der Waals surface area contributed by atoms with Gasteiger partial charge in [0.1, 0.15) is 11.6 Å². The average Bonchev–Trinajstić information content (AvgIpc) is 3.39. The van der Waals surface area contributed by atoms with E-state index in [-0.39, 0.29) is 23.6 Å². The fourth-order valence-corrected chi connectivity index (χ4v) is 5.54. The number of aromatic amines is 1. The zero-order chi connectivity index (χ0) is 30.2. The number of likely N-dealkylation sites (N-methyl/N-ethyl adjacent to an activating group) is 1. The summed E-state index contributed by atoms with van der Waals surface area (Å²) < 4.78 is 28.6.